The van der Waals surface area contributed by atoms with Gasteiger partial charge >= 0.3 is 48.6 Å². The molecule has 0 aliphatic heterocycles. The molecule has 0 bridgehead atoms. The van der Waals surface area contributed by atoms with Crippen molar-refractivity contribution in [3.8, 4) is 0 Å². The van der Waals surface area contributed by atoms with Crippen molar-refractivity contribution in [2.24, 2.45) is 0 Å². The molecule has 0 spiro atoms. The monoisotopic (exact) mass is 424 g/mol. The molecule has 0 saturated heterocycles. The van der Waals surface area contributed by atoms with Gasteiger partial charge in [0, 0.05) is 6.92 Å². The summed E-state index contributed by atoms with van der Waals surface area (Å²) in [5.41, 5.74) is 0. The summed E-state index contributed by atoms with van der Waals surface area (Å²) < 4.78 is 176. The van der Waals surface area contributed by atoms with Crippen LogP contribution in [0.5, 0.6) is 0 Å². The van der Waals surface area contributed by atoms with Crippen LogP contribution < -0.4 is 0 Å². The van der Waals surface area contributed by atoms with Gasteiger partial charge in [-0.25, -0.2) is 0 Å². The Morgan fingerprint density at radius 2 is 0.958 bits per heavy atom. The molecule has 0 aliphatic rings. The van der Waals surface area contributed by atoms with Crippen molar-refractivity contribution in [2.75, 3.05) is 0 Å². The number of hydrogen-bond acceptors (Lipinski definition) is 5. The van der Waals surface area contributed by atoms with Crippen LogP contribution in [0.2, 0.25) is 0 Å². The van der Waals surface area contributed by atoms with E-state index in [1.54, 1.807) is 0 Å². The van der Waals surface area contributed by atoms with Gasteiger partial charge in [-0.05, 0) is 0 Å². The highest BCUT2D eigenvalue weighted by Crippen LogP contribution is 2.53. The Kier molecular flexibility index (Phi) is 5.38. The Bertz CT molecular complexity index is 648. The van der Waals surface area contributed by atoms with Crippen LogP contribution in [0.1, 0.15) is 6.92 Å². The Morgan fingerprint density at radius 1 is 0.708 bits per heavy atom. The molecular formula is C6H5F9O7S2. The lowest BCUT2D eigenvalue weighted by Crippen LogP contribution is -2.67. The Balaban J connectivity index is 6.81. The maximum atomic E-state index is 13.8. The third-order valence-electron chi connectivity index (χ3n) is 2.18. The molecule has 0 aromatic carbocycles. The summed E-state index contributed by atoms with van der Waals surface area (Å²) in [6.07, 6.45) is -6.65. The Labute approximate surface area is 126 Å². The third kappa shape index (κ3) is 3.41. The number of ether oxygens (including phenoxy) is 1. The fraction of sp³-hybridized carbons (Fsp3) is 1.00. The van der Waals surface area contributed by atoms with Gasteiger partial charge < -0.3 is 0 Å². The van der Waals surface area contributed by atoms with Crippen LogP contribution in [0.4, 0.5) is 39.5 Å². The van der Waals surface area contributed by atoms with Gasteiger partial charge in [0.15, 0.2) is 0 Å². The van der Waals surface area contributed by atoms with E-state index in [0.717, 1.165) is 0 Å². The summed E-state index contributed by atoms with van der Waals surface area (Å²) in [5.74, 6) is -13.1. The molecule has 0 unspecified atom stereocenters. The van der Waals surface area contributed by atoms with Gasteiger partial charge in [0.2, 0.25) is 0 Å². The van der Waals surface area contributed by atoms with Crippen molar-refractivity contribution < 1.29 is 70.2 Å². The fourth-order valence-electron chi connectivity index (χ4n) is 0.886. The summed E-state index contributed by atoms with van der Waals surface area (Å²) >= 11 is 0. The van der Waals surface area contributed by atoms with Crippen molar-refractivity contribution in [1.82, 2.24) is 0 Å². The van der Waals surface area contributed by atoms with Crippen LogP contribution in [0, 0.1) is 0 Å². The van der Waals surface area contributed by atoms with Crippen molar-refractivity contribution >= 4 is 20.2 Å². The highest BCUT2D eigenvalue weighted by Gasteiger charge is 2.85. The zero-order valence-electron chi connectivity index (χ0n) is 10.7. The normalized spacial score (nSPS) is 16.3. The molecule has 0 aromatic heterocycles. The van der Waals surface area contributed by atoms with Gasteiger partial charge in [-0.3, -0.25) is 13.8 Å². The van der Waals surface area contributed by atoms with Crippen molar-refractivity contribution in [3.63, 3.8) is 0 Å². The molecule has 18 heteroatoms. The van der Waals surface area contributed by atoms with Gasteiger partial charge in [0.05, 0.1) is 0 Å². The van der Waals surface area contributed by atoms with Crippen molar-refractivity contribution in [2.45, 2.75) is 35.3 Å². The average Bonchev–Trinajstić information content (AvgIpc) is 2.22. The summed E-state index contributed by atoms with van der Waals surface area (Å²) in [7, 11) is -15.0. The second kappa shape index (κ2) is 5.58. The molecule has 0 radical (unpaired) electrons. The molecule has 0 rings (SSSR count). The summed E-state index contributed by atoms with van der Waals surface area (Å²) in [6.45, 7) is -0.884. The lowest BCUT2D eigenvalue weighted by Gasteiger charge is -2.37. The minimum Gasteiger partial charge on any atom is -0.281 e. The van der Waals surface area contributed by atoms with E-state index in [0.29, 0.717) is 0 Å². The first-order valence-electron chi connectivity index (χ1n) is 4.80. The smallest absolute Gasteiger partial charge is 0.281 e. The van der Waals surface area contributed by atoms with E-state index in [1.807, 2.05) is 4.74 Å². The van der Waals surface area contributed by atoms with Gasteiger partial charge in [0.25, 0.3) is 0 Å². The SMILES string of the molecule is CC(F)(F)C(F)(F)OC(F)(C(F)(F)S(=O)(=O)O)C(F)(F)S(=O)(=O)O. The molecular weight excluding hydrogens is 419 g/mol. The molecule has 0 aromatic rings. The Hall–Kier alpha value is -0.850. The maximum absolute atomic E-state index is 13.8. The molecule has 2 N–H and O–H groups in total. The second-order valence-corrected chi connectivity index (χ2v) is 7.01. The van der Waals surface area contributed by atoms with Gasteiger partial charge in [-0.15, -0.1) is 0 Å². The van der Waals surface area contributed by atoms with E-state index in [1.165, 1.54) is 0 Å². The third-order valence-corrected chi connectivity index (χ3v) is 4.00. The van der Waals surface area contributed by atoms with Crippen LogP contribution >= 0.6 is 0 Å². The van der Waals surface area contributed by atoms with Gasteiger partial charge in [0.1, 0.15) is 0 Å². The highest BCUT2D eigenvalue weighted by molar-refractivity contribution is 7.88. The van der Waals surface area contributed by atoms with E-state index in [-0.39, 0.29) is 0 Å². The molecule has 0 fully saturated rings. The van der Waals surface area contributed by atoms with E-state index < -0.39 is 55.6 Å². The van der Waals surface area contributed by atoms with E-state index in [2.05, 4.69) is 0 Å². The topological polar surface area (TPSA) is 118 Å². The highest BCUT2D eigenvalue weighted by atomic mass is 32.2. The molecule has 146 valence electrons. The van der Waals surface area contributed by atoms with Crippen molar-refractivity contribution in [1.29, 1.82) is 0 Å². The molecule has 0 atom stereocenters. The van der Waals surface area contributed by atoms with E-state index >= 15 is 0 Å². The summed E-state index contributed by atoms with van der Waals surface area (Å²) in [4.78, 5) is 0. The predicted octanol–water partition coefficient (Wildman–Crippen LogP) is 1.88. The minimum absolute atomic E-state index is 0.884. The lowest BCUT2D eigenvalue weighted by molar-refractivity contribution is -0.444. The van der Waals surface area contributed by atoms with Crippen LogP contribution in [-0.4, -0.2) is 54.3 Å². The van der Waals surface area contributed by atoms with Crippen LogP contribution in [0.3, 0.4) is 0 Å². The molecule has 24 heavy (non-hydrogen) atoms. The quantitative estimate of drug-likeness (QED) is 0.473. The number of halogens is 9. The maximum Gasteiger partial charge on any atom is 0.434 e. The number of alkyl halides is 9. The fourth-order valence-corrected chi connectivity index (χ4v) is 1.95. The van der Waals surface area contributed by atoms with Gasteiger partial charge in [-0.2, -0.15) is 56.3 Å². The van der Waals surface area contributed by atoms with Crippen LogP contribution in [-0.2, 0) is 25.0 Å². The van der Waals surface area contributed by atoms with E-state index in [4.69, 9.17) is 9.11 Å². The standard InChI is InChI=1S/C6H5F9O7S2/c1-2(7,8)4(10,11)22-3(9,5(12,13)23(16,17)18)6(14,15)24(19,20)21/h1H3,(H,16,17,18)(H,19,20,21). The van der Waals surface area contributed by atoms with Crippen LogP contribution in [0.15, 0.2) is 0 Å². The number of rotatable bonds is 7. The first-order chi connectivity index (χ1) is 9.96. The summed E-state index contributed by atoms with van der Waals surface area (Å²) in [6, 6.07) is 0. The zero-order chi connectivity index (χ0) is 20.2. The van der Waals surface area contributed by atoms with Crippen molar-refractivity contribution in [3.05, 3.63) is 0 Å². The molecule has 7 nitrogen and oxygen atoms in total. The van der Waals surface area contributed by atoms with Gasteiger partial charge in [-0.1, -0.05) is 0 Å². The summed E-state index contributed by atoms with van der Waals surface area (Å²) in [5, 5.41) is -14.5. The molecule has 0 saturated carbocycles. The lowest BCUT2D eigenvalue weighted by atomic mass is 10.3. The molecule has 0 amide bonds. The predicted molar refractivity (Wildman–Crippen MR) is 53.5 cm³/mol. The first kappa shape index (κ1) is 23.1. The average molecular weight is 424 g/mol. The molecule has 0 aliphatic carbocycles. The zero-order valence-corrected chi connectivity index (χ0v) is 12.3. The molecule has 0 heterocycles. The second-order valence-electron chi connectivity index (χ2n) is 4.09. The number of hydrogen-bond donors (Lipinski definition) is 2. The van der Waals surface area contributed by atoms with E-state index in [9.17, 15) is 56.3 Å². The largest absolute Gasteiger partial charge is 0.434 e. The first-order valence-corrected chi connectivity index (χ1v) is 7.68. The minimum atomic E-state index is -7.49. The van der Waals surface area contributed by atoms with Crippen LogP contribution in [0.25, 0.3) is 0 Å². The Morgan fingerprint density at radius 3 is 1.12 bits per heavy atom.